The number of fused-ring (bicyclic) bond motifs is 1. The maximum atomic E-state index is 12.5. The first-order valence-corrected chi connectivity index (χ1v) is 10.9. The van der Waals surface area contributed by atoms with E-state index in [2.05, 4.69) is 39.2 Å². The van der Waals surface area contributed by atoms with Crippen LogP contribution < -0.4 is 10.1 Å². The van der Waals surface area contributed by atoms with Crippen LogP contribution in [0.4, 0.5) is 19.0 Å². The summed E-state index contributed by atoms with van der Waals surface area (Å²) in [6.45, 7) is 3.80. The standard InChI is InChI=1S/C24H25F3N4O/c25-24(26,27)32-20-10-8-19(9-11-20)31-23-21(12-13-28-23)22(29-31)18-7-4-14-30(16-18)15-17-5-2-1-3-6-17/h1-3,5-6,8-11,18,28H,4,7,12-16H2. The number of hydrogen-bond donors (Lipinski definition) is 1. The highest BCUT2D eigenvalue weighted by Gasteiger charge is 2.32. The number of rotatable bonds is 5. The van der Waals surface area contributed by atoms with E-state index in [4.69, 9.17) is 5.10 Å². The second kappa shape index (κ2) is 8.50. The molecule has 0 radical (unpaired) electrons. The van der Waals surface area contributed by atoms with Crippen LogP contribution >= 0.6 is 0 Å². The van der Waals surface area contributed by atoms with E-state index in [1.807, 2.05) is 10.7 Å². The molecule has 3 heterocycles. The van der Waals surface area contributed by atoms with Gasteiger partial charge in [-0.1, -0.05) is 30.3 Å². The molecule has 0 spiro atoms. The molecule has 1 atom stereocenters. The molecule has 32 heavy (non-hydrogen) atoms. The largest absolute Gasteiger partial charge is 0.573 e. The van der Waals surface area contributed by atoms with Gasteiger partial charge in [0.25, 0.3) is 0 Å². The molecule has 1 fully saturated rings. The first-order chi connectivity index (χ1) is 15.5. The summed E-state index contributed by atoms with van der Waals surface area (Å²) >= 11 is 0. The molecule has 0 aliphatic carbocycles. The fraction of sp³-hybridized carbons (Fsp3) is 0.375. The number of likely N-dealkylation sites (tertiary alicyclic amines) is 1. The third-order valence-corrected chi connectivity index (χ3v) is 6.14. The summed E-state index contributed by atoms with van der Waals surface area (Å²) in [7, 11) is 0. The van der Waals surface area contributed by atoms with E-state index in [0.717, 1.165) is 57.0 Å². The number of halogens is 3. The summed E-state index contributed by atoms with van der Waals surface area (Å²) in [5, 5.41) is 8.34. The molecule has 1 aromatic heterocycles. The summed E-state index contributed by atoms with van der Waals surface area (Å²) in [5.74, 6) is 1.06. The van der Waals surface area contributed by atoms with Crippen LogP contribution in [0.3, 0.4) is 0 Å². The molecule has 1 unspecified atom stereocenters. The van der Waals surface area contributed by atoms with Crippen LogP contribution in [0.2, 0.25) is 0 Å². The Balaban J connectivity index is 1.37. The minimum atomic E-state index is -4.70. The molecule has 1 saturated heterocycles. The molecule has 2 aliphatic heterocycles. The summed E-state index contributed by atoms with van der Waals surface area (Å²) in [5.41, 5.74) is 4.37. The third kappa shape index (κ3) is 4.46. The molecule has 0 saturated carbocycles. The highest BCUT2D eigenvalue weighted by atomic mass is 19.4. The van der Waals surface area contributed by atoms with Gasteiger partial charge in [0, 0.05) is 31.1 Å². The molecule has 2 aliphatic rings. The average Bonchev–Trinajstić information content (AvgIpc) is 3.37. The topological polar surface area (TPSA) is 42.3 Å². The molecule has 3 aromatic rings. The Hall–Kier alpha value is -3.00. The van der Waals surface area contributed by atoms with Crippen LogP contribution in [0.1, 0.15) is 35.6 Å². The van der Waals surface area contributed by atoms with Crippen molar-refractivity contribution in [3.63, 3.8) is 0 Å². The maximum Gasteiger partial charge on any atom is 0.573 e. The van der Waals surface area contributed by atoms with Crippen molar-refractivity contribution in [2.75, 3.05) is 25.0 Å². The quantitative estimate of drug-likeness (QED) is 0.596. The molecule has 0 amide bonds. The summed E-state index contributed by atoms with van der Waals surface area (Å²) < 4.78 is 43.2. The van der Waals surface area contributed by atoms with Crippen molar-refractivity contribution in [3.05, 3.63) is 71.4 Å². The van der Waals surface area contributed by atoms with Crippen LogP contribution in [-0.2, 0) is 13.0 Å². The van der Waals surface area contributed by atoms with E-state index in [1.165, 1.54) is 23.3 Å². The first-order valence-electron chi connectivity index (χ1n) is 10.9. The molecular formula is C24H25F3N4O. The number of aromatic nitrogens is 2. The molecular weight excluding hydrogens is 417 g/mol. The molecule has 8 heteroatoms. The van der Waals surface area contributed by atoms with Crippen molar-refractivity contribution in [3.8, 4) is 11.4 Å². The van der Waals surface area contributed by atoms with Gasteiger partial charge >= 0.3 is 6.36 Å². The number of nitrogens with zero attached hydrogens (tertiary/aromatic N) is 3. The number of alkyl halides is 3. The molecule has 168 valence electrons. The van der Waals surface area contributed by atoms with E-state index in [1.54, 1.807) is 12.1 Å². The van der Waals surface area contributed by atoms with Crippen LogP contribution in [-0.4, -0.2) is 40.7 Å². The van der Waals surface area contributed by atoms with Gasteiger partial charge in [-0.3, -0.25) is 4.90 Å². The van der Waals surface area contributed by atoms with Gasteiger partial charge < -0.3 is 10.1 Å². The zero-order valence-corrected chi connectivity index (χ0v) is 17.6. The number of ether oxygens (including phenoxy) is 1. The van der Waals surface area contributed by atoms with Crippen LogP contribution in [0.25, 0.3) is 5.69 Å². The fourth-order valence-electron chi connectivity index (χ4n) is 4.77. The highest BCUT2D eigenvalue weighted by molar-refractivity contribution is 5.58. The lowest BCUT2D eigenvalue weighted by atomic mass is 9.91. The Morgan fingerprint density at radius 2 is 1.84 bits per heavy atom. The minimum Gasteiger partial charge on any atom is -0.406 e. The smallest absolute Gasteiger partial charge is 0.406 e. The second-order valence-electron chi connectivity index (χ2n) is 8.40. The van der Waals surface area contributed by atoms with Gasteiger partial charge in [0.1, 0.15) is 11.6 Å². The summed E-state index contributed by atoms with van der Waals surface area (Å²) in [6, 6.07) is 16.4. The van der Waals surface area contributed by atoms with Gasteiger partial charge in [0.15, 0.2) is 0 Å². The summed E-state index contributed by atoms with van der Waals surface area (Å²) in [6.07, 6.45) is -1.58. The number of piperidine rings is 1. The highest BCUT2D eigenvalue weighted by Crippen LogP contribution is 2.37. The lowest BCUT2D eigenvalue weighted by Gasteiger charge is -2.32. The lowest BCUT2D eigenvalue weighted by Crippen LogP contribution is -2.34. The summed E-state index contributed by atoms with van der Waals surface area (Å²) in [4.78, 5) is 2.49. The average molecular weight is 442 g/mol. The predicted molar refractivity (Wildman–Crippen MR) is 116 cm³/mol. The zero-order valence-electron chi connectivity index (χ0n) is 17.6. The number of hydrogen-bond acceptors (Lipinski definition) is 4. The molecule has 5 rings (SSSR count). The van der Waals surface area contributed by atoms with Crippen molar-refractivity contribution >= 4 is 5.82 Å². The van der Waals surface area contributed by atoms with Crippen LogP contribution in [0, 0.1) is 0 Å². The van der Waals surface area contributed by atoms with Gasteiger partial charge in [-0.15, -0.1) is 13.2 Å². The van der Waals surface area contributed by atoms with Crippen LogP contribution in [0.5, 0.6) is 5.75 Å². The Kier molecular flexibility index (Phi) is 5.55. The number of anilines is 1. The van der Waals surface area contributed by atoms with Crippen molar-refractivity contribution in [1.29, 1.82) is 0 Å². The van der Waals surface area contributed by atoms with Crippen molar-refractivity contribution < 1.29 is 17.9 Å². The first kappa shape index (κ1) is 20.9. The van der Waals surface area contributed by atoms with Crippen molar-refractivity contribution in [2.24, 2.45) is 0 Å². The van der Waals surface area contributed by atoms with E-state index in [0.29, 0.717) is 11.6 Å². The molecule has 2 aromatic carbocycles. The SMILES string of the molecule is FC(F)(F)Oc1ccc(-n2nc(C3CCCN(Cc4ccccc4)C3)c3c2NCC3)cc1. The van der Waals surface area contributed by atoms with E-state index >= 15 is 0 Å². The van der Waals surface area contributed by atoms with Crippen LogP contribution in [0.15, 0.2) is 54.6 Å². The minimum absolute atomic E-state index is 0.234. The number of nitrogens with one attached hydrogen (secondary N) is 1. The predicted octanol–water partition coefficient (Wildman–Crippen LogP) is 5.12. The molecule has 0 bridgehead atoms. The van der Waals surface area contributed by atoms with Crippen molar-refractivity contribution in [2.45, 2.75) is 38.1 Å². The van der Waals surface area contributed by atoms with Gasteiger partial charge in [-0.25, -0.2) is 4.68 Å². The van der Waals surface area contributed by atoms with Gasteiger partial charge in [-0.2, -0.15) is 5.10 Å². The maximum absolute atomic E-state index is 12.5. The van der Waals surface area contributed by atoms with E-state index in [9.17, 15) is 13.2 Å². The zero-order chi connectivity index (χ0) is 22.1. The van der Waals surface area contributed by atoms with E-state index < -0.39 is 6.36 Å². The Labute approximate surface area is 184 Å². The van der Waals surface area contributed by atoms with Crippen molar-refractivity contribution in [1.82, 2.24) is 14.7 Å². The van der Waals surface area contributed by atoms with Gasteiger partial charge in [0.2, 0.25) is 0 Å². The van der Waals surface area contributed by atoms with Gasteiger partial charge in [-0.05, 0) is 55.6 Å². The molecule has 5 nitrogen and oxygen atoms in total. The Morgan fingerprint density at radius 1 is 1.06 bits per heavy atom. The monoisotopic (exact) mass is 442 g/mol. The number of benzene rings is 2. The molecule has 1 N–H and O–H groups in total. The normalized spacial score (nSPS) is 18.9. The third-order valence-electron chi connectivity index (χ3n) is 6.14. The van der Waals surface area contributed by atoms with E-state index in [-0.39, 0.29) is 5.75 Å². The Morgan fingerprint density at radius 3 is 2.59 bits per heavy atom. The Bertz CT molecular complexity index is 1060. The van der Waals surface area contributed by atoms with Gasteiger partial charge in [0.05, 0.1) is 11.4 Å². The lowest BCUT2D eigenvalue weighted by molar-refractivity contribution is -0.274. The second-order valence-corrected chi connectivity index (χ2v) is 8.40. The fourth-order valence-corrected chi connectivity index (χ4v) is 4.77.